The molecule has 1 aliphatic rings. The van der Waals surface area contributed by atoms with Crippen molar-refractivity contribution in [2.75, 3.05) is 6.61 Å². The molecule has 1 fully saturated rings. The lowest BCUT2D eigenvalue weighted by molar-refractivity contribution is 0.313. The van der Waals surface area contributed by atoms with Crippen LogP contribution in [-0.2, 0) is 12.8 Å². The first kappa shape index (κ1) is 24.3. The number of aryl methyl sites for hydroxylation is 3. The van der Waals surface area contributed by atoms with Crippen LogP contribution in [0.25, 0.3) is 0 Å². The van der Waals surface area contributed by atoms with E-state index in [9.17, 15) is 17.6 Å². The Morgan fingerprint density at radius 3 is 2.06 bits per heavy atom. The van der Waals surface area contributed by atoms with Crippen molar-refractivity contribution in [1.29, 1.82) is 0 Å². The van der Waals surface area contributed by atoms with Crippen LogP contribution in [0.5, 0.6) is 5.75 Å². The standard InChI is InChI=1S/C29H30F4O/c1-3-34-25-17-15-23(27(31)29(25)33)10-7-19-5-8-20(9-6-19)21-11-13-22(14-12-21)24-16-4-18(2)26(30)28(24)32/h4-6,8-9,15-17,21-22H,3,7,10-14H2,1-2H3. The fourth-order valence-corrected chi connectivity index (χ4v) is 4.98. The molecular formula is C29H30F4O. The summed E-state index contributed by atoms with van der Waals surface area (Å²) in [6, 6.07) is 14.7. The minimum atomic E-state index is -0.932. The Morgan fingerprint density at radius 2 is 1.38 bits per heavy atom. The summed E-state index contributed by atoms with van der Waals surface area (Å²) in [5.41, 5.74) is 3.46. The number of hydrogen-bond donors (Lipinski definition) is 0. The van der Waals surface area contributed by atoms with Gasteiger partial charge in [-0.1, -0.05) is 42.5 Å². The summed E-state index contributed by atoms with van der Waals surface area (Å²) >= 11 is 0. The van der Waals surface area contributed by atoms with Gasteiger partial charge in [0.15, 0.2) is 23.2 Å². The number of halogens is 4. The number of hydrogen-bond acceptors (Lipinski definition) is 1. The Hall–Kier alpha value is -2.82. The van der Waals surface area contributed by atoms with E-state index in [1.54, 1.807) is 32.0 Å². The van der Waals surface area contributed by atoms with Crippen molar-refractivity contribution in [3.8, 4) is 5.75 Å². The zero-order valence-electron chi connectivity index (χ0n) is 19.6. The number of benzene rings is 3. The summed E-state index contributed by atoms with van der Waals surface area (Å²) in [6.45, 7) is 3.59. The molecule has 0 unspecified atom stereocenters. The second-order valence-electron chi connectivity index (χ2n) is 9.17. The van der Waals surface area contributed by atoms with E-state index in [2.05, 4.69) is 12.1 Å². The predicted octanol–water partition coefficient (Wildman–Crippen LogP) is 8.18. The molecule has 1 saturated carbocycles. The van der Waals surface area contributed by atoms with Crippen molar-refractivity contribution in [1.82, 2.24) is 0 Å². The van der Waals surface area contributed by atoms with E-state index in [0.29, 0.717) is 35.4 Å². The SMILES string of the molecule is CCOc1ccc(CCc2ccc(C3CCC(c4ccc(C)c(F)c4F)CC3)cc2)c(F)c1F. The highest BCUT2D eigenvalue weighted by molar-refractivity contribution is 5.33. The zero-order valence-corrected chi connectivity index (χ0v) is 19.6. The minimum Gasteiger partial charge on any atom is -0.491 e. The van der Waals surface area contributed by atoms with Gasteiger partial charge in [-0.25, -0.2) is 13.2 Å². The molecule has 3 aromatic carbocycles. The van der Waals surface area contributed by atoms with E-state index in [0.717, 1.165) is 31.2 Å². The molecule has 180 valence electrons. The molecule has 1 nitrogen and oxygen atoms in total. The Balaban J connectivity index is 1.34. The highest BCUT2D eigenvalue weighted by atomic mass is 19.2. The second-order valence-corrected chi connectivity index (χ2v) is 9.17. The van der Waals surface area contributed by atoms with E-state index in [-0.39, 0.29) is 18.3 Å². The summed E-state index contributed by atoms with van der Waals surface area (Å²) in [5, 5.41) is 0. The predicted molar refractivity (Wildman–Crippen MR) is 126 cm³/mol. The van der Waals surface area contributed by atoms with Gasteiger partial charge in [-0.2, -0.15) is 4.39 Å². The Kier molecular flexibility index (Phi) is 7.60. The summed E-state index contributed by atoms with van der Waals surface area (Å²) in [6.07, 6.45) is 4.52. The van der Waals surface area contributed by atoms with E-state index < -0.39 is 23.3 Å². The molecule has 0 radical (unpaired) electrons. The summed E-state index contributed by atoms with van der Waals surface area (Å²) < 4.78 is 61.9. The quantitative estimate of drug-likeness (QED) is 0.316. The van der Waals surface area contributed by atoms with E-state index >= 15 is 0 Å². The van der Waals surface area contributed by atoms with Crippen molar-refractivity contribution in [3.63, 3.8) is 0 Å². The van der Waals surface area contributed by atoms with Crippen LogP contribution in [0.1, 0.15) is 72.3 Å². The van der Waals surface area contributed by atoms with Gasteiger partial charge >= 0.3 is 0 Å². The van der Waals surface area contributed by atoms with Gasteiger partial charge in [0.1, 0.15) is 0 Å². The van der Waals surface area contributed by atoms with Crippen molar-refractivity contribution >= 4 is 0 Å². The maximum atomic E-state index is 14.4. The Labute approximate surface area is 198 Å². The smallest absolute Gasteiger partial charge is 0.200 e. The molecule has 3 aromatic rings. The fourth-order valence-electron chi connectivity index (χ4n) is 4.98. The normalized spacial score (nSPS) is 18.2. The van der Waals surface area contributed by atoms with Gasteiger partial charge in [-0.3, -0.25) is 0 Å². The molecule has 0 atom stereocenters. The molecular weight excluding hydrogens is 440 g/mol. The number of ether oxygens (including phenoxy) is 1. The Morgan fingerprint density at radius 1 is 0.706 bits per heavy atom. The highest BCUT2D eigenvalue weighted by Crippen LogP contribution is 2.41. The van der Waals surface area contributed by atoms with Crippen molar-refractivity contribution in [2.45, 2.75) is 64.2 Å². The van der Waals surface area contributed by atoms with Crippen molar-refractivity contribution in [3.05, 3.63) is 99.6 Å². The summed E-state index contributed by atoms with van der Waals surface area (Å²) in [4.78, 5) is 0. The third kappa shape index (κ3) is 5.13. The molecule has 1 aliphatic carbocycles. The van der Waals surface area contributed by atoms with E-state index in [1.165, 1.54) is 11.6 Å². The molecule has 0 N–H and O–H groups in total. The van der Waals surface area contributed by atoms with Gasteiger partial charge < -0.3 is 4.74 Å². The third-order valence-electron chi connectivity index (χ3n) is 7.03. The summed E-state index contributed by atoms with van der Waals surface area (Å²) in [7, 11) is 0. The second kappa shape index (κ2) is 10.6. The Bertz CT molecular complexity index is 1130. The van der Waals surface area contributed by atoms with Gasteiger partial charge in [0.2, 0.25) is 5.82 Å². The van der Waals surface area contributed by atoms with Crippen molar-refractivity contribution in [2.24, 2.45) is 0 Å². The first-order valence-corrected chi connectivity index (χ1v) is 12.0. The van der Waals surface area contributed by atoms with Crippen LogP contribution in [0.4, 0.5) is 17.6 Å². The minimum absolute atomic E-state index is 0.0510. The largest absolute Gasteiger partial charge is 0.491 e. The van der Waals surface area contributed by atoms with Gasteiger partial charge in [-0.15, -0.1) is 0 Å². The maximum Gasteiger partial charge on any atom is 0.200 e. The molecule has 0 aromatic heterocycles. The molecule has 0 saturated heterocycles. The molecule has 0 heterocycles. The monoisotopic (exact) mass is 470 g/mol. The molecule has 4 rings (SSSR count). The average Bonchev–Trinajstić information content (AvgIpc) is 2.86. The third-order valence-corrected chi connectivity index (χ3v) is 7.03. The van der Waals surface area contributed by atoms with Gasteiger partial charge in [0, 0.05) is 0 Å². The molecule has 0 spiro atoms. The molecule has 0 aliphatic heterocycles. The summed E-state index contributed by atoms with van der Waals surface area (Å²) in [5.74, 6) is -2.82. The highest BCUT2D eigenvalue weighted by Gasteiger charge is 2.26. The van der Waals surface area contributed by atoms with Gasteiger partial charge in [0.25, 0.3) is 0 Å². The van der Waals surface area contributed by atoms with Crippen LogP contribution in [0.2, 0.25) is 0 Å². The van der Waals surface area contributed by atoms with E-state index in [4.69, 9.17) is 4.74 Å². The van der Waals surface area contributed by atoms with Crippen LogP contribution in [0.15, 0.2) is 48.5 Å². The van der Waals surface area contributed by atoms with Crippen LogP contribution in [0, 0.1) is 30.2 Å². The van der Waals surface area contributed by atoms with E-state index in [1.807, 2.05) is 12.1 Å². The number of rotatable bonds is 7. The maximum absolute atomic E-state index is 14.4. The molecule has 0 bridgehead atoms. The lowest BCUT2D eigenvalue weighted by atomic mass is 9.76. The fraction of sp³-hybridized carbons (Fsp3) is 0.379. The lowest BCUT2D eigenvalue weighted by Crippen LogP contribution is -2.14. The van der Waals surface area contributed by atoms with Crippen LogP contribution in [-0.4, -0.2) is 6.61 Å². The van der Waals surface area contributed by atoms with Gasteiger partial charge in [0.05, 0.1) is 6.61 Å². The molecule has 5 heteroatoms. The van der Waals surface area contributed by atoms with Crippen molar-refractivity contribution < 1.29 is 22.3 Å². The zero-order chi connectivity index (χ0) is 24.2. The van der Waals surface area contributed by atoms with Crippen LogP contribution >= 0.6 is 0 Å². The topological polar surface area (TPSA) is 9.23 Å². The first-order chi connectivity index (χ1) is 16.4. The molecule has 34 heavy (non-hydrogen) atoms. The van der Waals surface area contributed by atoms with Gasteiger partial charge in [-0.05, 0) is 98.1 Å². The first-order valence-electron chi connectivity index (χ1n) is 12.0. The van der Waals surface area contributed by atoms with Crippen LogP contribution < -0.4 is 4.74 Å². The lowest BCUT2D eigenvalue weighted by Gasteiger charge is -2.29. The van der Waals surface area contributed by atoms with Crippen LogP contribution in [0.3, 0.4) is 0 Å². The average molecular weight is 471 g/mol. The molecule has 0 amide bonds.